The zero-order valence-corrected chi connectivity index (χ0v) is 20.2. The monoisotopic (exact) mass is 473 g/mol. The molecule has 0 unspecified atom stereocenters. The van der Waals surface area contributed by atoms with E-state index in [9.17, 15) is 13.2 Å². The van der Waals surface area contributed by atoms with Crippen LogP contribution in [0.15, 0.2) is 52.7 Å². The Hall–Kier alpha value is -2.75. The molecule has 0 radical (unpaired) electrons. The summed E-state index contributed by atoms with van der Waals surface area (Å²) >= 11 is 1.33. The molecule has 0 bridgehead atoms. The van der Waals surface area contributed by atoms with Crippen LogP contribution in [-0.2, 0) is 16.6 Å². The number of benzene rings is 2. The summed E-state index contributed by atoms with van der Waals surface area (Å²) in [7, 11) is -3.62. The molecule has 0 aliphatic heterocycles. The van der Waals surface area contributed by atoms with Crippen LogP contribution in [0.4, 0.5) is 5.69 Å². The molecule has 0 fully saturated rings. The predicted octanol–water partition coefficient (Wildman–Crippen LogP) is 4.62. The van der Waals surface area contributed by atoms with Gasteiger partial charge in [0.1, 0.15) is 23.1 Å². The van der Waals surface area contributed by atoms with Gasteiger partial charge in [-0.3, -0.25) is 4.79 Å². The molecule has 0 saturated carbocycles. The maximum Gasteiger partial charge on any atom is 0.275 e. The van der Waals surface area contributed by atoms with Crippen molar-refractivity contribution >= 4 is 33.0 Å². The van der Waals surface area contributed by atoms with E-state index in [1.54, 1.807) is 31.4 Å². The summed E-state index contributed by atoms with van der Waals surface area (Å²) in [5, 5.41) is 5.12. The number of sulfonamides is 1. The van der Waals surface area contributed by atoms with Gasteiger partial charge in [-0.1, -0.05) is 37.6 Å². The number of aromatic nitrogens is 1. The van der Waals surface area contributed by atoms with Crippen LogP contribution in [0, 0.1) is 13.8 Å². The van der Waals surface area contributed by atoms with Crippen molar-refractivity contribution in [1.82, 2.24) is 9.29 Å². The molecule has 1 aromatic heterocycles. The number of anilines is 1. The lowest BCUT2D eigenvalue weighted by Crippen LogP contribution is -2.30. The van der Waals surface area contributed by atoms with Crippen molar-refractivity contribution in [3.63, 3.8) is 0 Å². The summed E-state index contributed by atoms with van der Waals surface area (Å²) in [5.74, 6) is 0.335. The number of amides is 1. The van der Waals surface area contributed by atoms with E-state index in [-0.39, 0.29) is 17.2 Å². The van der Waals surface area contributed by atoms with Gasteiger partial charge < -0.3 is 10.1 Å². The molecule has 0 atom stereocenters. The van der Waals surface area contributed by atoms with E-state index in [2.05, 4.69) is 10.3 Å². The van der Waals surface area contributed by atoms with Crippen molar-refractivity contribution in [2.24, 2.45) is 0 Å². The van der Waals surface area contributed by atoms with E-state index < -0.39 is 15.9 Å². The molecule has 0 saturated heterocycles. The van der Waals surface area contributed by atoms with Crippen LogP contribution < -0.4 is 10.1 Å². The Morgan fingerprint density at radius 1 is 1.09 bits per heavy atom. The minimum atomic E-state index is -3.62. The van der Waals surface area contributed by atoms with Crippen LogP contribution in [0.5, 0.6) is 5.75 Å². The van der Waals surface area contributed by atoms with Crippen molar-refractivity contribution in [3.05, 3.63) is 69.7 Å². The first-order valence-electron chi connectivity index (χ1n) is 10.3. The molecule has 0 aliphatic rings. The maximum absolute atomic E-state index is 12.8. The second-order valence-corrected chi connectivity index (χ2v) is 10.1. The zero-order valence-electron chi connectivity index (χ0n) is 18.6. The van der Waals surface area contributed by atoms with Crippen molar-refractivity contribution < 1.29 is 17.9 Å². The molecule has 1 heterocycles. The number of nitrogens with zero attached hydrogens (tertiary/aromatic N) is 2. The van der Waals surface area contributed by atoms with Gasteiger partial charge in [0.2, 0.25) is 10.0 Å². The molecule has 0 aliphatic carbocycles. The number of hydrogen-bond acceptors (Lipinski definition) is 6. The normalized spacial score (nSPS) is 11.5. The molecule has 3 aromatic rings. The molecule has 1 N–H and O–H groups in total. The number of thiazole rings is 1. The first-order chi connectivity index (χ1) is 15.2. The van der Waals surface area contributed by atoms with Gasteiger partial charge in [-0.2, -0.15) is 4.31 Å². The summed E-state index contributed by atoms with van der Waals surface area (Å²) in [6.07, 6.45) is 0. The highest BCUT2D eigenvalue weighted by Crippen LogP contribution is 2.24. The number of hydrogen-bond donors (Lipinski definition) is 1. The van der Waals surface area contributed by atoms with Gasteiger partial charge in [0, 0.05) is 24.2 Å². The fourth-order valence-electron chi connectivity index (χ4n) is 3.06. The highest BCUT2D eigenvalue weighted by Gasteiger charge is 2.23. The van der Waals surface area contributed by atoms with E-state index in [0.29, 0.717) is 23.8 Å². The number of rotatable bonds is 9. The lowest BCUT2D eigenvalue weighted by Gasteiger charge is -2.19. The van der Waals surface area contributed by atoms with E-state index in [0.717, 1.165) is 16.9 Å². The Kier molecular flexibility index (Phi) is 7.65. The minimum absolute atomic E-state index is 0.146. The molecule has 3 rings (SSSR count). The third kappa shape index (κ3) is 5.53. The van der Waals surface area contributed by atoms with Crippen molar-refractivity contribution in [2.75, 3.05) is 18.4 Å². The van der Waals surface area contributed by atoms with Gasteiger partial charge in [-0.15, -0.1) is 11.3 Å². The van der Waals surface area contributed by atoms with Gasteiger partial charge in [-0.25, -0.2) is 13.4 Å². The molecular weight excluding hydrogens is 446 g/mol. The van der Waals surface area contributed by atoms with Gasteiger partial charge in [0.05, 0.1) is 4.90 Å². The summed E-state index contributed by atoms with van der Waals surface area (Å²) < 4.78 is 32.7. The summed E-state index contributed by atoms with van der Waals surface area (Å²) in [6.45, 7) is 8.41. The zero-order chi connectivity index (χ0) is 23.3. The quantitative estimate of drug-likeness (QED) is 0.490. The second-order valence-electron chi connectivity index (χ2n) is 7.25. The highest BCUT2D eigenvalue weighted by atomic mass is 32.2. The number of ether oxygens (including phenoxy) is 1. The third-order valence-corrected chi connectivity index (χ3v) is 7.84. The Morgan fingerprint density at radius 3 is 2.44 bits per heavy atom. The van der Waals surface area contributed by atoms with Crippen LogP contribution in [0.3, 0.4) is 0 Å². The molecule has 0 spiro atoms. The number of nitrogens with one attached hydrogen (secondary N) is 1. The molecule has 1 amide bonds. The smallest absolute Gasteiger partial charge is 0.275 e. The fourth-order valence-corrected chi connectivity index (χ4v) is 5.23. The molecule has 7 nitrogen and oxygen atoms in total. The first kappa shape index (κ1) is 23.9. The van der Waals surface area contributed by atoms with Crippen LogP contribution >= 0.6 is 11.3 Å². The molecule has 2 aromatic carbocycles. The van der Waals surface area contributed by atoms with E-state index in [4.69, 9.17) is 4.74 Å². The average molecular weight is 474 g/mol. The SMILES string of the molecule is CCN(CC)S(=O)(=O)c1ccc(C)c(NC(=O)c2csc(COc3ccc(C)cc3)n2)c1. The lowest BCUT2D eigenvalue weighted by molar-refractivity contribution is 0.102. The molecule has 9 heteroatoms. The fraction of sp³-hybridized carbons (Fsp3) is 0.304. The van der Waals surface area contributed by atoms with Crippen LogP contribution in [0.2, 0.25) is 0 Å². The Balaban J connectivity index is 1.71. The first-order valence-corrected chi connectivity index (χ1v) is 12.6. The Morgan fingerprint density at radius 2 is 1.78 bits per heavy atom. The van der Waals surface area contributed by atoms with Gasteiger partial charge in [0.25, 0.3) is 5.91 Å². The average Bonchev–Trinajstić information content (AvgIpc) is 3.24. The van der Waals surface area contributed by atoms with Crippen molar-refractivity contribution in [2.45, 2.75) is 39.2 Å². The second kappa shape index (κ2) is 10.2. The van der Waals surface area contributed by atoms with Crippen molar-refractivity contribution in [3.8, 4) is 5.75 Å². The van der Waals surface area contributed by atoms with Gasteiger partial charge in [-0.05, 0) is 43.7 Å². The summed E-state index contributed by atoms with van der Waals surface area (Å²) in [5.41, 5.74) is 2.60. The molecule has 170 valence electrons. The predicted molar refractivity (Wildman–Crippen MR) is 127 cm³/mol. The standard InChI is InChI=1S/C23H27N3O4S2/c1-5-26(6-2)32(28,29)19-12-9-17(4)20(13-19)25-23(27)21-15-31-22(24-21)14-30-18-10-7-16(3)8-11-18/h7-13,15H,5-6,14H2,1-4H3,(H,25,27). The van der Waals surface area contributed by atoms with Crippen LogP contribution in [-0.4, -0.2) is 36.7 Å². The third-order valence-electron chi connectivity index (χ3n) is 4.97. The lowest BCUT2D eigenvalue weighted by atomic mass is 10.2. The van der Waals surface area contributed by atoms with Crippen LogP contribution in [0.1, 0.15) is 40.5 Å². The van der Waals surface area contributed by atoms with Gasteiger partial charge in [0.15, 0.2) is 0 Å². The van der Waals surface area contributed by atoms with E-state index in [1.807, 2.05) is 38.1 Å². The minimum Gasteiger partial charge on any atom is -0.486 e. The molecular formula is C23H27N3O4S2. The van der Waals surface area contributed by atoms with Crippen molar-refractivity contribution in [1.29, 1.82) is 0 Å². The largest absolute Gasteiger partial charge is 0.486 e. The van der Waals surface area contributed by atoms with E-state index >= 15 is 0 Å². The topological polar surface area (TPSA) is 88.6 Å². The maximum atomic E-state index is 12.8. The number of aryl methyl sites for hydroxylation is 2. The summed E-state index contributed by atoms with van der Waals surface area (Å²) in [6, 6.07) is 12.4. The van der Waals surface area contributed by atoms with Crippen LogP contribution in [0.25, 0.3) is 0 Å². The van der Waals surface area contributed by atoms with E-state index in [1.165, 1.54) is 21.7 Å². The van der Waals surface area contributed by atoms with Gasteiger partial charge >= 0.3 is 0 Å². The Labute approximate surface area is 193 Å². The Bertz CT molecular complexity index is 1180. The number of carbonyl (C=O) groups is 1. The highest BCUT2D eigenvalue weighted by molar-refractivity contribution is 7.89. The number of carbonyl (C=O) groups excluding carboxylic acids is 1. The summed E-state index contributed by atoms with van der Waals surface area (Å²) in [4.78, 5) is 17.2. The molecule has 32 heavy (non-hydrogen) atoms.